The van der Waals surface area contributed by atoms with Crippen molar-refractivity contribution in [2.45, 2.75) is 97.3 Å². The van der Waals surface area contributed by atoms with E-state index in [-0.39, 0.29) is 64.7 Å². The van der Waals surface area contributed by atoms with Crippen LogP contribution in [0.2, 0.25) is 0 Å². The molecule has 38 heavy (non-hydrogen) atoms. The van der Waals surface area contributed by atoms with Crippen LogP contribution in [0, 0.1) is 39.9 Å². The lowest BCUT2D eigenvalue weighted by atomic mass is 9.44. The van der Waals surface area contributed by atoms with Gasteiger partial charge in [-0.05, 0) is 42.9 Å². The van der Waals surface area contributed by atoms with Crippen LogP contribution >= 0.6 is 11.8 Å². The van der Waals surface area contributed by atoms with Gasteiger partial charge in [-0.15, -0.1) is 18.3 Å². The van der Waals surface area contributed by atoms with Crippen molar-refractivity contribution in [1.29, 1.82) is 0 Å². The van der Waals surface area contributed by atoms with Gasteiger partial charge in [0.15, 0.2) is 18.9 Å². The normalized spacial score (nSPS) is 38.5. The number of nitrogens with zero attached hydrogens (tertiary/aromatic N) is 1. The SMILES string of the molecule is C=C[C@]1(C)C[C@@H](OC(=O)CSc2cc[n+](CC(C)C)cc2)[C@]2(C)[C@H](C)CC[C@]3(CCC(=O)[C@H]32)[C@@H](C)[C@@H]1O.[I-]. The van der Waals surface area contributed by atoms with Gasteiger partial charge in [-0.1, -0.05) is 47.6 Å². The Bertz CT molecular complexity index is 1030. The van der Waals surface area contributed by atoms with E-state index in [1.807, 2.05) is 25.1 Å². The van der Waals surface area contributed by atoms with Gasteiger partial charge in [0.25, 0.3) is 0 Å². The monoisotopic (exact) mass is 655 g/mol. The molecular formula is C31H46INO4S. The highest BCUT2D eigenvalue weighted by atomic mass is 127. The number of carbonyl (C=O) groups excluding carboxylic acids is 2. The fraction of sp³-hybridized carbons (Fsp3) is 0.710. The maximum absolute atomic E-state index is 13.5. The number of hydrogen-bond donors (Lipinski definition) is 1. The van der Waals surface area contributed by atoms with Crippen molar-refractivity contribution < 1.29 is 48.0 Å². The molecule has 0 aliphatic heterocycles. The Balaban J connectivity index is 0.00000400. The van der Waals surface area contributed by atoms with Crippen LogP contribution in [0.3, 0.4) is 0 Å². The van der Waals surface area contributed by atoms with Crippen molar-refractivity contribution in [2.75, 3.05) is 5.75 Å². The number of Topliss-reactive ketones (excluding diaryl/α,β-unsaturated/α-hetero) is 1. The van der Waals surface area contributed by atoms with Crippen LogP contribution < -0.4 is 28.5 Å². The van der Waals surface area contributed by atoms with Gasteiger partial charge in [0.1, 0.15) is 11.9 Å². The fourth-order valence-corrected chi connectivity index (χ4v) is 8.59. The molecule has 0 spiro atoms. The summed E-state index contributed by atoms with van der Waals surface area (Å²) in [5.41, 5.74) is -1.33. The summed E-state index contributed by atoms with van der Waals surface area (Å²) in [6.07, 6.45) is 8.59. The lowest BCUT2D eigenvalue weighted by molar-refractivity contribution is -0.702. The molecule has 0 amide bonds. The molecule has 4 rings (SSSR count). The number of rotatable bonds is 7. The minimum absolute atomic E-state index is 0. The zero-order valence-corrected chi connectivity index (χ0v) is 26.9. The molecule has 3 aliphatic rings. The highest BCUT2D eigenvalue weighted by Gasteiger charge is 2.68. The number of aliphatic hydroxyl groups is 1. The first-order valence-corrected chi connectivity index (χ1v) is 15.0. The van der Waals surface area contributed by atoms with Gasteiger partial charge in [-0.3, -0.25) is 9.59 Å². The van der Waals surface area contributed by atoms with Gasteiger partial charge in [0.05, 0.1) is 11.9 Å². The first-order chi connectivity index (χ1) is 17.4. The Labute approximate surface area is 250 Å². The average molecular weight is 656 g/mol. The third-order valence-electron chi connectivity index (χ3n) is 10.4. The number of carbonyl (C=O) groups is 2. The molecule has 3 aliphatic carbocycles. The van der Waals surface area contributed by atoms with Gasteiger partial charge in [-0.2, -0.15) is 0 Å². The molecule has 0 aromatic carbocycles. The van der Waals surface area contributed by atoms with Crippen molar-refractivity contribution in [3.8, 4) is 0 Å². The fourth-order valence-electron chi connectivity index (χ4n) is 7.92. The number of aromatic nitrogens is 1. The molecule has 0 saturated heterocycles. The van der Waals surface area contributed by atoms with Gasteiger partial charge in [0, 0.05) is 46.1 Å². The summed E-state index contributed by atoms with van der Waals surface area (Å²) in [5.74, 6) is 0.812. The summed E-state index contributed by atoms with van der Waals surface area (Å²) in [4.78, 5) is 27.8. The van der Waals surface area contributed by atoms with Crippen LogP contribution in [-0.4, -0.2) is 34.8 Å². The third-order valence-corrected chi connectivity index (χ3v) is 11.4. The van der Waals surface area contributed by atoms with E-state index in [1.54, 1.807) is 0 Å². The van der Waals surface area contributed by atoms with Gasteiger partial charge in [-0.25, -0.2) is 4.57 Å². The number of hydrogen-bond acceptors (Lipinski definition) is 5. The summed E-state index contributed by atoms with van der Waals surface area (Å²) in [6.45, 7) is 18.0. The van der Waals surface area contributed by atoms with E-state index < -0.39 is 23.0 Å². The van der Waals surface area contributed by atoms with Crippen LogP contribution in [-0.2, 0) is 20.9 Å². The van der Waals surface area contributed by atoms with Gasteiger partial charge >= 0.3 is 5.97 Å². The molecule has 1 aromatic rings. The van der Waals surface area contributed by atoms with Crippen LogP contribution in [0.4, 0.5) is 0 Å². The number of thioether (sulfide) groups is 1. The smallest absolute Gasteiger partial charge is 0.316 e. The Morgan fingerprint density at radius 1 is 1.26 bits per heavy atom. The van der Waals surface area contributed by atoms with Crippen LogP contribution in [0.1, 0.15) is 73.6 Å². The second kappa shape index (κ2) is 11.9. The van der Waals surface area contributed by atoms with Crippen LogP contribution in [0.25, 0.3) is 0 Å². The topological polar surface area (TPSA) is 67.5 Å². The highest BCUT2D eigenvalue weighted by molar-refractivity contribution is 8.00. The summed E-state index contributed by atoms with van der Waals surface area (Å²) in [7, 11) is 0. The number of ketones is 1. The Morgan fingerprint density at radius 3 is 2.53 bits per heavy atom. The molecule has 1 heterocycles. The Hall–Kier alpha value is -0.930. The number of aliphatic hydroxyl groups excluding tert-OH is 1. The average Bonchev–Trinajstić information content (AvgIpc) is 3.22. The lowest BCUT2D eigenvalue weighted by Gasteiger charge is -2.61. The summed E-state index contributed by atoms with van der Waals surface area (Å²) in [5, 5.41) is 11.6. The third kappa shape index (κ3) is 5.50. The molecular weight excluding hydrogens is 609 g/mol. The molecule has 3 fully saturated rings. The van der Waals surface area contributed by atoms with Gasteiger partial charge < -0.3 is 33.8 Å². The van der Waals surface area contributed by atoms with E-state index in [9.17, 15) is 14.7 Å². The molecule has 0 radical (unpaired) electrons. The summed E-state index contributed by atoms with van der Waals surface area (Å²) in [6, 6.07) is 4.08. The highest BCUT2D eigenvalue weighted by Crippen LogP contribution is 2.68. The van der Waals surface area contributed by atoms with Crippen molar-refractivity contribution in [3.63, 3.8) is 0 Å². The maximum atomic E-state index is 13.5. The molecule has 1 N–H and O–H groups in total. The number of ether oxygens (including phenoxy) is 1. The summed E-state index contributed by atoms with van der Waals surface area (Å²) >= 11 is 1.48. The van der Waals surface area contributed by atoms with Crippen LogP contribution in [0.15, 0.2) is 42.1 Å². The zero-order valence-electron chi connectivity index (χ0n) is 23.9. The molecule has 5 nitrogen and oxygen atoms in total. The van der Waals surface area contributed by atoms with Crippen molar-refractivity contribution in [2.24, 2.45) is 39.9 Å². The standard InChI is InChI=1S/C31H46NO4S.HI/c1-8-29(6)17-25(36-26(34)19-37-23-11-15-32(16-12-23)18-20(2)3)30(7)21(4)9-13-31(22(5)28(29)35)14-10-24(33)27(30)31;/h8,11-12,15-16,20-22,25,27-28,35H,1,9-10,13-14,17-19H2,2-7H3;1H/q+1;/p-1/t21-,22+,25-,27+,28+,29-,30+,31+;/m1./s1. The minimum atomic E-state index is -0.645. The Morgan fingerprint density at radius 2 is 1.92 bits per heavy atom. The van der Waals surface area contributed by atoms with Gasteiger partial charge in [0.2, 0.25) is 0 Å². The predicted molar refractivity (Wildman–Crippen MR) is 147 cm³/mol. The quantitative estimate of drug-likeness (QED) is 0.161. The van der Waals surface area contributed by atoms with Crippen molar-refractivity contribution in [3.05, 3.63) is 37.2 Å². The van der Waals surface area contributed by atoms with E-state index in [0.717, 1.165) is 30.7 Å². The van der Waals surface area contributed by atoms with Crippen LogP contribution in [0.5, 0.6) is 0 Å². The molecule has 212 valence electrons. The molecule has 2 bridgehead atoms. The maximum Gasteiger partial charge on any atom is 0.316 e. The van der Waals surface area contributed by atoms with E-state index >= 15 is 0 Å². The van der Waals surface area contributed by atoms with Crippen molar-refractivity contribution in [1.82, 2.24) is 0 Å². The molecule has 8 atom stereocenters. The van der Waals surface area contributed by atoms with E-state index in [1.165, 1.54) is 11.8 Å². The first kappa shape index (κ1) is 31.6. The molecule has 0 unspecified atom stereocenters. The largest absolute Gasteiger partial charge is 1.00 e. The van der Waals surface area contributed by atoms with Crippen molar-refractivity contribution >= 4 is 23.5 Å². The zero-order chi connectivity index (χ0) is 27.2. The summed E-state index contributed by atoms with van der Waals surface area (Å²) < 4.78 is 8.50. The van der Waals surface area contributed by atoms with E-state index in [0.29, 0.717) is 18.8 Å². The minimum Gasteiger partial charge on any atom is -1.00 e. The number of pyridine rings is 1. The lowest BCUT2D eigenvalue weighted by Crippen LogP contribution is -3.00. The predicted octanol–water partition coefficient (Wildman–Crippen LogP) is 2.63. The second-order valence-electron chi connectivity index (χ2n) is 13.0. The molecule has 7 heteroatoms. The van der Waals surface area contributed by atoms with E-state index in [4.69, 9.17) is 4.74 Å². The second-order valence-corrected chi connectivity index (χ2v) is 14.0. The Kier molecular flexibility index (Phi) is 9.89. The number of halogens is 1. The molecule has 1 aromatic heterocycles. The van der Waals surface area contributed by atoms with E-state index in [2.05, 4.69) is 58.2 Å². The number of esters is 1. The molecule has 3 saturated carbocycles. The first-order valence-electron chi connectivity index (χ1n) is 14.0.